The lowest BCUT2D eigenvalue weighted by molar-refractivity contribution is -0.119. The Kier molecular flexibility index (Phi) is 4.52. The molecule has 1 atom stereocenters. The Balaban J connectivity index is 2.50. The highest BCUT2D eigenvalue weighted by atomic mass is 16.1. The van der Waals surface area contributed by atoms with Crippen molar-refractivity contribution in [3.05, 3.63) is 11.8 Å². The van der Waals surface area contributed by atoms with Gasteiger partial charge in [0.05, 0.1) is 0 Å². The molecule has 1 amide bonds. The van der Waals surface area contributed by atoms with Gasteiger partial charge >= 0.3 is 0 Å². The van der Waals surface area contributed by atoms with Crippen LogP contribution in [0, 0.1) is 12.8 Å². The van der Waals surface area contributed by atoms with Crippen molar-refractivity contribution >= 4 is 11.7 Å². The smallest absolute Gasteiger partial charge is 0.228 e. The monoisotopic (exact) mass is 223 g/mol. The lowest BCUT2D eigenvalue weighted by atomic mass is 10.0. The van der Waals surface area contributed by atoms with Crippen molar-refractivity contribution in [3.63, 3.8) is 0 Å². The van der Waals surface area contributed by atoms with Crippen LogP contribution in [0.4, 0.5) is 5.82 Å². The van der Waals surface area contributed by atoms with E-state index in [1.54, 1.807) is 4.68 Å². The van der Waals surface area contributed by atoms with Crippen LogP contribution in [0.15, 0.2) is 6.07 Å². The van der Waals surface area contributed by atoms with E-state index < -0.39 is 0 Å². The van der Waals surface area contributed by atoms with Crippen LogP contribution in [-0.4, -0.2) is 15.7 Å². The van der Waals surface area contributed by atoms with Crippen LogP contribution in [0.25, 0.3) is 0 Å². The zero-order chi connectivity index (χ0) is 12.1. The van der Waals surface area contributed by atoms with E-state index in [0.717, 1.165) is 25.0 Å². The molecule has 0 radical (unpaired) electrons. The summed E-state index contributed by atoms with van der Waals surface area (Å²) in [5.41, 5.74) is 1.04. The fourth-order valence-electron chi connectivity index (χ4n) is 1.51. The summed E-state index contributed by atoms with van der Waals surface area (Å²) in [6.45, 7) is 6.05. The van der Waals surface area contributed by atoms with Gasteiger partial charge in [0.15, 0.2) is 5.82 Å². The van der Waals surface area contributed by atoms with E-state index in [-0.39, 0.29) is 11.8 Å². The highest BCUT2D eigenvalue weighted by Crippen LogP contribution is 2.12. The van der Waals surface area contributed by atoms with Gasteiger partial charge in [-0.1, -0.05) is 26.7 Å². The summed E-state index contributed by atoms with van der Waals surface area (Å²) in [5.74, 6) is 0.766. The number of aryl methyl sites for hydroxylation is 2. The van der Waals surface area contributed by atoms with Gasteiger partial charge in [-0.05, 0) is 13.3 Å². The quantitative estimate of drug-likeness (QED) is 0.833. The van der Waals surface area contributed by atoms with Gasteiger partial charge in [-0.25, -0.2) is 0 Å². The van der Waals surface area contributed by atoms with Crippen LogP contribution in [0.2, 0.25) is 0 Å². The molecule has 0 saturated carbocycles. The third kappa shape index (κ3) is 3.36. The number of nitrogens with one attached hydrogen (secondary N) is 1. The lowest BCUT2D eigenvalue weighted by Gasteiger charge is -2.09. The topological polar surface area (TPSA) is 46.9 Å². The number of unbranched alkanes of at least 4 members (excludes halogenated alkanes) is 1. The van der Waals surface area contributed by atoms with E-state index in [1.807, 2.05) is 27.0 Å². The predicted molar refractivity (Wildman–Crippen MR) is 65.3 cm³/mol. The number of amides is 1. The van der Waals surface area contributed by atoms with Gasteiger partial charge in [-0.15, -0.1) is 0 Å². The van der Waals surface area contributed by atoms with E-state index in [4.69, 9.17) is 0 Å². The Morgan fingerprint density at radius 1 is 1.62 bits per heavy atom. The first-order valence-corrected chi connectivity index (χ1v) is 5.86. The first kappa shape index (κ1) is 12.7. The molecule has 1 rings (SSSR count). The van der Waals surface area contributed by atoms with Crippen LogP contribution in [0.1, 0.15) is 38.8 Å². The zero-order valence-electron chi connectivity index (χ0n) is 10.6. The van der Waals surface area contributed by atoms with Gasteiger partial charge < -0.3 is 5.32 Å². The fourth-order valence-corrected chi connectivity index (χ4v) is 1.51. The van der Waals surface area contributed by atoms with Crippen molar-refractivity contribution in [3.8, 4) is 0 Å². The molecule has 0 fully saturated rings. The molecule has 0 unspecified atom stereocenters. The van der Waals surface area contributed by atoms with Crippen LogP contribution >= 0.6 is 0 Å². The molecule has 1 N–H and O–H groups in total. The SMILES string of the molecule is CCCC[C@@H](C)C(=O)Nc1cc(C)n(C)n1. The molecule has 0 aromatic carbocycles. The minimum absolute atomic E-state index is 0.0577. The first-order valence-electron chi connectivity index (χ1n) is 5.86. The summed E-state index contributed by atoms with van der Waals surface area (Å²) in [4.78, 5) is 11.8. The van der Waals surface area contributed by atoms with Crippen LogP contribution in [-0.2, 0) is 11.8 Å². The van der Waals surface area contributed by atoms with E-state index in [9.17, 15) is 4.79 Å². The molecule has 0 spiro atoms. The van der Waals surface area contributed by atoms with E-state index in [2.05, 4.69) is 17.3 Å². The molecule has 90 valence electrons. The van der Waals surface area contributed by atoms with Gasteiger partial charge in [-0.3, -0.25) is 9.48 Å². The number of hydrogen-bond donors (Lipinski definition) is 1. The highest BCUT2D eigenvalue weighted by molar-refractivity contribution is 5.91. The number of nitrogens with zero attached hydrogens (tertiary/aromatic N) is 2. The van der Waals surface area contributed by atoms with Crippen molar-refractivity contribution < 1.29 is 4.79 Å². The van der Waals surface area contributed by atoms with E-state index in [0.29, 0.717) is 5.82 Å². The molecule has 4 heteroatoms. The second-order valence-electron chi connectivity index (χ2n) is 4.33. The number of anilines is 1. The summed E-state index contributed by atoms with van der Waals surface area (Å²) in [5, 5.41) is 7.04. The molecular formula is C12H21N3O. The Labute approximate surface area is 97.0 Å². The van der Waals surface area contributed by atoms with Crippen molar-refractivity contribution in [2.45, 2.75) is 40.0 Å². The highest BCUT2D eigenvalue weighted by Gasteiger charge is 2.13. The van der Waals surface area contributed by atoms with Gasteiger partial charge in [-0.2, -0.15) is 5.10 Å². The molecule has 0 bridgehead atoms. The summed E-state index contributed by atoms with van der Waals surface area (Å²) in [6.07, 6.45) is 3.16. The number of carbonyl (C=O) groups excluding carboxylic acids is 1. The molecule has 4 nitrogen and oxygen atoms in total. The van der Waals surface area contributed by atoms with Crippen LogP contribution in [0.3, 0.4) is 0 Å². The third-order valence-electron chi connectivity index (χ3n) is 2.80. The van der Waals surface area contributed by atoms with Crippen LogP contribution in [0.5, 0.6) is 0 Å². The average Bonchev–Trinajstić information content (AvgIpc) is 2.54. The van der Waals surface area contributed by atoms with Crippen molar-refractivity contribution in [2.75, 3.05) is 5.32 Å². The van der Waals surface area contributed by atoms with E-state index in [1.165, 1.54) is 0 Å². The van der Waals surface area contributed by atoms with E-state index >= 15 is 0 Å². The number of hydrogen-bond acceptors (Lipinski definition) is 2. The molecule has 16 heavy (non-hydrogen) atoms. The second-order valence-corrected chi connectivity index (χ2v) is 4.33. The Morgan fingerprint density at radius 2 is 2.31 bits per heavy atom. The normalized spacial score (nSPS) is 12.5. The maximum absolute atomic E-state index is 11.8. The third-order valence-corrected chi connectivity index (χ3v) is 2.80. The van der Waals surface area contributed by atoms with Crippen molar-refractivity contribution in [2.24, 2.45) is 13.0 Å². The van der Waals surface area contributed by atoms with Gasteiger partial charge in [0.25, 0.3) is 0 Å². The molecule has 0 saturated heterocycles. The largest absolute Gasteiger partial charge is 0.309 e. The predicted octanol–water partition coefficient (Wildman–Crippen LogP) is 2.49. The first-order chi connectivity index (χ1) is 7.54. The minimum atomic E-state index is 0.0577. The minimum Gasteiger partial charge on any atom is -0.309 e. The maximum Gasteiger partial charge on any atom is 0.228 e. The lowest BCUT2D eigenvalue weighted by Crippen LogP contribution is -2.20. The van der Waals surface area contributed by atoms with Gasteiger partial charge in [0.2, 0.25) is 5.91 Å². The molecule has 1 heterocycles. The summed E-state index contributed by atoms with van der Waals surface area (Å²) < 4.78 is 1.76. The molecule has 1 aromatic heterocycles. The number of aromatic nitrogens is 2. The Hall–Kier alpha value is -1.32. The zero-order valence-corrected chi connectivity index (χ0v) is 10.6. The van der Waals surface area contributed by atoms with Gasteiger partial charge in [0.1, 0.15) is 0 Å². The fraction of sp³-hybridized carbons (Fsp3) is 0.667. The standard InChI is InChI=1S/C12H21N3O/c1-5-6-7-9(2)12(16)13-11-8-10(3)15(4)14-11/h8-9H,5-7H2,1-4H3,(H,13,14,16)/t9-/m1/s1. The number of rotatable bonds is 5. The second kappa shape index (κ2) is 5.68. The molecule has 0 aliphatic carbocycles. The Morgan fingerprint density at radius 3 is 2.81 bits per heavy atom. The summed E-state index contributed by atoms with van der Waals surface area (Å²) in [7, 11) is 1.87. The van der Waals surface area contributed by atoms with Crippen molar-refractivity contribution in [1.29, 1.82) is 0 Å². The Bertz CT molecular complexity index is 338. The summed E-state index contributed by atoms with van der Waals surface area (Å²) in [6, 6.07) is 1.88. The van der Waals surface area contributed by atoms with Crippen LogP contribution < -0.4 is 5.32 Å². The molecular weight excluding hydrogens is 202 g/mol. The molecule has 1 aromatic rings. The molecule has 0 aliphatic heterocycles. The molecule has 0 aliphatic rings. The number of carbonyl (C=O) groups is 1. The average molecular weight is 223 g/mol. The van der Waals surface area contributed by atoms with Gasteiger partial charge in [0, 0.05) is 24.7 Å². The maximum atomic E-state index is 11.8. The van der Waals surface area contributed by atoms with Crippen molar-refractivity contribution in [1.82, 2.24) is 9.78 Å². The summed E-state index contributed by atoms with van der Waals surface area (Å²) >= 11 is 0.